The fourth-order valence-electron chi connectivity index (χ4n) is 3.67. The molecule has 0 N–H and O–H groups in total. The molecule has 0 radical (unpaired) electrons. The fraction of sp³-hybridized carbons (Fsp3) is 0.217. The number of benzene rings is 2. The lowest BCUT2D eigenvalue weighted by atomic mass is 10.1. The highest BCUT2D eigenvalue weighted by molar-refractivity contribution is 5.92. The van der Waals surface area contributed by atoms with Crippen molar-refractivity contribution in [1.82, 2.24) is 9.97 Å². The van der Waals surface area contributed by atoms with Gasteiger partial charge in [0.25, 0.3) is 0 Å². The van der Waals surface area contributed by atoms with Crippen LogP contribution in [-0.2, 0) is 6.42 Å². The number of rotatable bonds is 2. The van der Waals surface area contributed by atoms with E-state index in [4.69, 9.17) is 19.1 Å². The molecular formula is C23H21N3O2. The first-order chi connectivity index (χ1) is 13.6. The summed E-state index contributed by atoms with van der Waals surface area (Å²) in [6.45, 7) is 2.64. The first-order valence-electron chi connectivity index (χ1n) is 9.42. The van der Waals surface area contributed by atoms with Gasteiger partial charge in [-0.05, 0) is 19.1 Å². The Bertz CT molecular complexity index is 1180. The molecule has 0 fully saturated rings. The van der Waals surface area contributed by atoms with Gasteiger partial charge in [-0.3, -0.25) is 0 Å². The number of nitrogens with zero attached hydrogens (tertiary/aromatic N) is 3. The monoisotopic (exact) mass is 371 g/mol. The summed E-state index contributed by atoms with van der Waals surface area (Å²) in [6, 6.07) is 16.2. The summed E-state index contributed by atoms with van der Waals surface area (Å²) in [4.78, 5) is 11.8. The van der Waals surface area contributed by atoms with Crippen LogP contribution in [0.4, 0.5) is 5.82 Å². The smallest absolute Gasteiger partial charge is 0.196 e. The second kappa shape index (κ2) is 6.37. The van der Waals surface area contributed by atoms with Crippen molar-refractivity contribution in [3.05, 3.63) is 59.7 Å². The van der Waals surface area contributed by atoms with Crippen molar-refractivity contribution in [2.45, 2.75) is 13.3 Å². The van der Waals surface area contributed by atoms with Crippen molar-refractivity contribution in [1.29, 1.82) is 0 Å². The van der Waals surface area contributed by atoms with Gasteiger partial charge in [0, 0.05) is 31.6 Å². The zero-order valence-electron chi connectivity index (χ0n) is 16.2. The highest BCUT2D eigenvalue weighted by Gasteiger charge is 2.28. The number of hydrogen-bond donors (Lipinski definition) is 0. The first-order valence-corrected chi connectivity index (χ1v) is 9.42. The number of anilines is 1. The van der Waals surface area contributed by atoms with E-state index in [1.54, 1.807) is 0 Å². The molecular weight excluding hydrogens is 350 g/mol. The van der Waals surface area contributed by atoms with Crippen LogP contribution in [0.25, 0.3) is 33.8 Å². The number of fused-ring (bicyclic) bond motifs is 5. The van der Waals surface area contributed by atoms with Crippen molar-refractivity contribution < 1.29 is 9.15 Å². The van der Waals surface area contributed by atoms with Crippen LogP contribution in [0.5, 0.6) is 5.75 Å². The minimum absolute atomic E-state index is 0.567. The van der Waals surface area contributed by atoms with Crippen molar-refractivity contribution in [2.75, 3.05) is 25.6 Å². The van der Waals surface area contributed by atoms with Gasteiger partial charge in [0.2, 0.25) is 0 Å². The van der Waals surface area contributed by atoms with Crippen molar-refractivity contribution in [3.63, 3.8) is 0 Å². The standard InChI is InChI=1S/C23H21N3O2/c1-14-8-10-15(11-9-14)22-24-19-17(23(25-22)26(2)3)12-13-27-20-16-6-4-5-7-18(16)28-21(19)20/h4-11H,12-13H2,1-3H3. The molecule has 0 aliphatic carbocycles. The van der Waals surface area contributed by atoms with Crippen LogP contribution in [0.2, 0.25) is 0 Å². The van der Waals surface area contributed by atoms with Crippen molar-refractivity contribution in [3.8, 4) is 28.6 Å². The van der Waals surface area contributed by atoms with Crippen LogP contribution in [0.3, 0.4) is 0 Å². The van der Waals surface area contributed by atoms with Crippen molar-refractivity contribution in [2.24, 2.45) is 0 Å². The normalized spacial score (nSPS) is 12.8. The number of hydrogen-bond acceptors (Lipinski definition) is 5. The molecule has 5 rings (SSSR count). The van der Waals surface area contributed by atoms with E-state index < -0.39 is 0 Å². The zero-order chi connectivity index (χ0) is 19.3. The van der Waals surface area contributed by atoms with Gasteiger partial charge in [-0.1, -0.05) is 42.0 Å². The Kier molecular flexibility index (Phi) is 3.83. The summed E-state index contributed by atoms with van der Waals surface area (Å²) in [5.41, 5.74) is 4.87. The summed E-state index contributed by atoms with van der Waals surface area (Å²) >= 11 is 0. The molecule has 0 spiro atoms. The molecule has 0 saturated carbocycles. The third-order valence-electron chi connectivity index (χ3n) is 5.08. The van der Waals surface area contributed by atoms with Gasteiger partial charge in [0.1, 0.15) is 17.1 Å². The molecule has 140 valence electrons. The second-order valence-electron chi connectivity index (χ2n) is 7.31. The second-order valence-corrected chi connectivity index (χ2v) is 7.31. The minimum Gasteiger partial charge on any atom is -0.488 e. The lowest BCUT2D eigenvalue weighted by Gasteiger charge is -2.18. The fourth-order valence-corrected chi connectivity index (χ4v) is 3.67. The lowest BCUT2D eigenvalue weighted by molar-refractivity contribution is 0.327. The highest BCUT2D eigenvalue weighted by Crippen LogP contribution is 2.44. The summed E-state index contributed by atoms with van der Waals surface area (Å²) in [7, 11) is 4.01. The Hall–Kier alpha value is -3.34. The molecule has 0 bridgehead atoms. The molecule has 5 nitrogen and oxygen atoms in total. The molecule has 1 aliphatic heterocycles. The van der Waals surface area contributed by atoms with Gasteiger partial charge in [-0.2, -0.15) is 0 Å². The molecule has 2 aromatic heterocycles. The number of furan rings is 1. The number of para-hydroxylation sites is 1. The number of aryl methyl sites for hydroxylation is 1. The van der Waals surface area contributed by atoms with Gasteiger partial charge in [0.15, 0.2) is 17.3 Å². The van der Waals surface area contributed by atoms with Crippen molar-refractivity contribution >= 4 is 16.8 Å². The molecule has 0 atom stereocenters. The number of ether oxygens (including phenoxy) is 1. The summed E-state index contributed by atoms with van der Waals surface area (Å²) in [5.74, 6) is 3.05. The average Bonchev–Trinajstić information content (AvgIpc) is 2.97. The lowest BCUT2D eigenvalue weighted by Crippen LogP contribution is -2.16. The molecule has 0 saturated heterocycles. The third-order valence-corrected chi connectivity index (χ3v) is 5.08. The number of aromatic nitrogens is 2. The maximum atomic E-state index is 6.21. The molecule has 1 aliphatic rings. The van der Waals surface area contributed by atoms with Crippen LogP contribution in [0.15, 0.2) is 52.9 Å². The molecule has 2 aromatic carbocycles. The maximum Gasteiger partial charge on any atom is 0.196 e. The van der Waals surface area contributed by atoms with E-state index in [1.807, 2.05) is 43.3 Å². The Morgan fingerprint density at radius 1 is 0.964 bits per heavy atom. The van der Waals surface area contributed by atoms with E-state index in [0.717, 1.165) is 45.8 Å². The van der Waals surface area contributed by atoms with E-state index in [9.17, 15) is 0 Å². The highest BCUT2D eigenvalue weighted by atomic mass is 16.5. The van der Waals surface area contributed by atoms with Crippen LogP contribution in [0, 0.1) is 6.92 Å². The van der Waals surface area contributed by atoms with Gasteiger partial charge < -0.3 is 14.1 Å². The van der Waals surface area contributed by atoms with E-state index in [1.165, 1.54) is 5.56 Å². The topological polar surface area (TPSA) is 51.4 Å². The van der Waals surface area contributed by atoms with Crippen LogP contribution >= 0.6 is 0 Å². The zero-order valence-corrected chi connectivity index (χ0v) is 16.2. The van der Waals surface area contributed by atoms with E-state index in [-0.39, 0.29) is 0 Å². The summed E-state index contributed by atoms with van der Waals surface area (Å²) < 4.78 is 12.3. The predicted molar refractivity (Wildman–Crippen MR) is 111 cm³/mol. The third kappa shape index (κ3) is 2.62. The SMILES string of the molecule is Cc1ccc(-c2nc3c(c(N(C)C)n2)CCOc2c-3oc3ccccc23)cc1. The van der Waals surface area contributed by atoms with Crippen LogP contribution in [-0.4, -0.2) is 30.7 Å². The van der Waals surface area contributed by atoms with Crippen LogP contribution < -0.4 is 9.64 Å². The predicted octanol–water partition coefficient (Wildman–Crippen LogP) is 4.87. The molecule has 4 aromatic rings. The van der Waals surface area contributed by atoms with E-state index in [0.29, 0.717) is 18.2 Å². The molecule has 0 unspecified atom stereocenters. The quantitative estimate of drug-likeness (QED) is 0.503. The molecule has 5 heteroatoms. The van der Waals surface area contributed by atoms with Gasteiger partial charge in [-0.15, -0.1) is 0 Å². The Balaban J connectivity index is 1.80. The summed E-state index contributed by atoms with van der Waals surface area (Å²) in [6.07, 6.45) is 0.732. The summed E-state index contributed by atoms with van der Waals surface area (Å²) in [5, 5.41) is 0.979. The van der Waals surface area contributed by atoms with E-state index in [2.05, 4.69) is 31.2 Å². The Morgan fingerprint density at radius 2 is 1.75 bits per heavy atom. The largest absolute Gasteiger partial charge is 0.488 e. The maximum absolute atomic E-state index is 6.21. The first kappa shape index (κ1) is 16.8. The van der Waals surface area contributed by atoms with Gasteiger partial charge in [0.05, 0.1) is 12.0 Å². The minimum atomic E-state index is 0.567. The van der Waals surface area contributed by atoms with E-state index >= 15 is 0 Å². The average molecular weight is 371 g/mol. The van der Waals surface area contributed by atoms with Gasteiger partial charge >= 0.3 is 0 Å². The molecule has 28 heavy (non-hydrogen) atoms. The molecule has 3 heterocycles. The van der Waals surface area contributed by atoms with Crippen LogP contribution in [0.1, 0.15) is 11.1 Å². The molecule has 0 amide bonds. The Labute approximate surface area is 163 Å². The van der Waals surface area contributed by atoms with Gasteiger partial charge in [-0.25, -0.2) is 9.97 Å². The Morgan fingerprint density at radius 3 is 2.54 bits per heavy atom.